The van der Waals surface area contributed by atoms with Crippen LogP contribution in [0.5, 0.6) is 17.2 Å². The van der Waals surface area contributed by atoms with Crippen LogP contribution >= 0.6 is 0 Å². The van der Waals surface area contributed by atoms with Gasteiger partial charge in [0.25, 0.3) is 0 Å². The van der Waals surface area contributed by atoms with Crippen LogP contribution < -0.4 is 18.9 Å². The van der Waals surface area contributed by atoms with Crippen molar-refractivity contribution < 1.29 is 22.6 Å². The number of fused-ring (bicyclic) bond motifs is 1. The van der Waals surface area contributed by atoms with Gasteiger partial charge in [0.1, 0.15) is 5.75 Å². The van der Waals surface area contributed by atoms with E-state index in [2.05, 4.69) is 11.6 Å². The van der Waals surface area contributed by atoms with Gasteiger partial charge in [0.15, 0.2) is 11.5 Å². The Morgan fingerprint density at radius 3 is 2.65 bits per heavy atom. The van der Waals surface area contributed by atoms with E-state index < -0.39 is 10.0 Å². The minimum atomic E-state index is -3.64. The van der Waals surface area contributed by atoms with Crippen molar-refractivity contribution in [3.05, 3.63) is 47.5 Å². The maximum absolute atomic E-state index is 12.7. The first kappa shape index (κ1) is 18.5. The van der Waals surface area contributed by atoms with Crippen LogP contribution in [0.15, 0.2) is 41.3 Å². The molecule has 0 spiro atoms. The SMILES string of the molecule is CC[C@H](C)c1cc(S(=O)(=O)NCc2ccc3c(c2)OCO3)ccc1OC. The van der Waals surface area contributed by atoms with Crippen LogP contribution in [0.4, 0.5) is 0 Å². The molecule has 7 heteroatoms. The Morgan fingerprint density at radius 1 is 1.15 bits per heavy atom. The summed E-state index contributed by atoms with van der Waals surface area (Å²) in [7, 11) is -2.05. The lowest BCUT2D eigenvalue weighted by Gasteiger charge is -2.16. The lowest BCUT2D eigenvalue weighted by Crippen LogP contribution is -2.23. The topological polar surface area (TPSA) is 73.9 Å². The predicted molar refractivity (Wildman–Crippen MR) is 98.3 cm³/mol. The van der Waals surface area contributed by atoms with E-state index in [1.807, 2.05) is 13.0 Å². The van der Waals surface area contributed by atoms with Gasteiger partial charge in [-0.15, -0.1) is 0 Å². The lowest BCUT2D eigenvalue weighted by atomic mass is 9.98. The Balaban J connectivity index is 1.79. The second kappa shape index (κ2) is 7.55. The highest BCUT2D eigenvalue weighted by atomic mass is 32.2. The molecule has 0 aromatic heterocycles. The average Bonchev–Trinajstić information content (AvgIpc) is 3.13. The van der Waals surface area contributed by atoms with Gasteiger partial charge >= 0.3 is 0 Å². The molecule has 1 aliphatic rings. The van der Waals surface area contributed by atoms with Gasteiger partial charge in [-0.1, -0.05) is 19.9 Å². The number of sulfonamides is 1. The van der Waals surface area contributed by atoms with Crippen LogP contribution in [0, 0.1) is 0 Å². The van der Waals surface area contributed by atoms with Crippen molar-refractivity contribution in [1.82, 2.24) is 4.72 Å². The maximum Gasteiger partial charge on any atom is 0.240 e. The number of methoxy groups -OCH3 is 1. The van der Waals surface area contributed by atoms with Gasteiger partial charge in [-0.05, 0) is 53.8 Å². The van der Waals surface area contributed by atoms with E-state index in [0.29, 0.717) is 17.2 Å². The summed E-state index contributed by atoms with van der Waals surface area (Å²) in [6.07, 6.45) is 0.893. The zero-order chi connectivity index (χ0) is 18.7. The molecular formula is C19H23NO5S. The zero-order valence-corrected chi connectivity index (χ0v) is 15.9. The van der Waals surface area contributed by atoms with E-state index in [1.54, 1.807) is 37.4 Å². The number of hydrogen-bond donors (Lipinski definition) is 1. The fraction of sp³-hybridized carbons (Fsp3) is 0.368. The van der Waals surface area contributed by atoms with Gasteiger partial charge in [0.05, 0.1) is 12.0 Å². The van der Waals surface area contributed by atoms with E-state index in [9.17, 15) is 8.42 Å². The molecule has 1 aliphatic heterocycles. The zero-order valence-electron chi connectivity index (χ0n) is 15.1. The second-order valence-corrected chi connectivity index (χ2v) is 7.99. The normalized spacial score (nSPS) is 14.3. The molecular weight excluding hydrogens is 354 g/mol. The van der Waals surface area contributed by atoms with E-state index in [0.717, 1.165) is 17.5 Å². The molecule has 1 atom stereocenters. The highest BCUT2D eigenvalue weighted by molar-refractivity contribution is 7.89. The van der Waals surface area contributed by atoms with E-state index >= 15 is 0 Å². The smallest absolute Gasteiger partial charge is 0.240 e. The second-order valence-electron chi connectivity index (χ2n) is 6.23. The molecule has 1 N–H and O–H groups in total. The van der Waals surface area contributed by atoms with Crippen LogP contribution in [-0.2, 0) is 16.6 Å². The standard InChI is InChI=1S/C19H23NO5S/c1-4-13(2)16-10-15(6-8-17(16)23-3)26(21,22)20-11-14-5-7-18-19(9-14)25-12-24-18/h5-10,13,20H,4,11-12H2,1-3H3/t13-/m0/s1. The summed E-state index contributed by atoms with van der Waals surface area (Å²) in [5.41, 5.74) is 1.69. The molecule has 6 nitrogen and oxygen atoms in total. The van der Waals surface area contributed by atoms with Crippen molar-refractivity contribution in [3.63, 3.8) is 0 Å². The number of benzene rings is 2. The molecule has 0 amide bonds. The van der Waals surface area contributed by atoms with Gasteiger partial charge in [0, 0.05) is 6.54 Å². The molecule has 3 rings (SSSR count). The summed E-state index contributed by atoms with van der Waals surface area (Å²) < 4.78 is 44.0. The average molecular weight is 377 g/mol. The van der Waals surface area contributed by atoms with Gasteiger partial charge in [-0.3, -0.25) is 0 Å². The third-order valence-corrected chi connectivity index (χ3v) is 5.96. The molecule has 0 fully saturated rings. The summed E-state index contributed by atoms with van der Waals surface area (Å²) in [5.74, 6) is 2.21. The minimum Gasteiger partial charge on any atom is -0.496 e. The summed E-state index contributed by atoms with van der Waals surface area (Å²) in [6, 6.07) is 10.3. The van der Waals surface area contributed by atoms with Crippen LogP contribution in [0.1, 0.15) is 37.3 Å². The van der Waals surface area contributed by atoms with Gasteiger partial charge in [-0.2, -0.15) is 0 Å². The highest BCUT2D eigenvalue weighted by Gasteiger charge is 2.19. The number of nitrogens with one attached hydrogen (secondary N) is 1. The summed E-state index contributed by atoms with van der Waals surface area (Å²) in [5, 5.41) is 0. The van der Waals surface area contributed by atoms with Gasteiger partial charge < -0.3 is 14.2 Å². The molecule has 0 saturated carbocycles. The number of ether oxygens (including phenoxy) is 3. The lowest BCUT2D eigenvalue weighted by molar-refractivity contribution is 0.174. The van der Waals surface area contributed by atoms with Crippen molar-refractivity contribution in [2.75, 3.05) is 13.9 Å². The Morgan fingerprint density at radius 2 is 1.92 bits per heavy atom. The number of rotatable bonds is 7. The van der Waals surface area contributed by atoms with Crippen molar-refractivity contribution in [3.8, 4) is 17.2 Å². The number of hydrogen-bond acceptors (Lipinski definition) is 5. The summed E-state index contributed by atoms with van der Waals surface area (Å²) >= 11 is 0. The molecule has 1 heterocycles. The summed E-state index contributed by atoms with van der Waals surface area (Å²) in [6.45, 7) is 4.47. The first-order valence-electron chi connectivity index (χ1n) is 8.50. The molecule has 0 radical (unpaired) electrons. The van der Waals surface area contributed by atoms with E-state index in [1.165, 1.54) is 0 Å². The van der Waals surface area contributed by atoms with E-state index in [-0.39, 0.29) is 24.2 Å². The summed E-state index contributed by atoms with van der Waals surface area (Å²) in [4.78, 5) is 0.231. The first-order chi connectivity index (χ1) is 12.4. The third-order valence-electron chi connectivity index (χ3n) is 4.56. The molecule has 140 valence electrons. The Labute approximate surface area is 154 Å². The van der Waals surface area contributed by atoms with Crippen LogP contribution in [0.25, 0.3) is 0 Å². The van der Waals surface area contributed by atoms with Gasteiger partial charge in [-0.25, -0.2) is 13.1 Å². The Hall–Kier alpha value is -2.25. The predicted octanol–water partition coefficient (Wildman–Crippen LogP) is 3.42. The molecule has 2 aromatic carbocycles. The van der Waals surface area contributed by atoms with E-state index in [4.69, 9.17) is 14.2 Å². The van der Waals surface area contributed by atoms with Crippen LogP contribution in [-0.4, -0.2) is 22.3 Å². The highest BCUT2D eigenvalue weighted by Crippen LogP contribution is 2.33. The Bertz CT molecular complexity index is 895. The minimum absolute atomic E-state index is 0.170. The third kappa shape index (κ3) is 3.78. The first-order valence-corrected chi connectivity index (χ1v) is 9.99. The molecule has 0 saturated heterocycles. The van der Waals surface area contributed by atoms with Crippen LogP contribution in [0.3, 0.4) is 0 Å². The van der Waals surface area contributed by atoms with Crippen molar-refractivity contribution in [2.24, 2.45) is 0 Å². The van der Waals surface area contributed by atoms with Gasteiger partial charge in [0.2, 0.25) is 16.8 Å². The van der Waals surface area contributed by atoms with Crippen molar-refractivity contribution in [2.45, 2.75) is 37.6 Å². The largest absolute Gasteiger partial charge is 0.496 e. The van der Waals surface area contributed by atoms with Crippen LogP contribution in [0.2, 0.25) is 0 Å². The molecule has 2 aromatic rings. The molecule has 0 unspecified atom stereocenters. The monoisotopic (exact) mass is 377 g/mol. The fourth-order valence-electron chi connectivity index (χ4n) is 2.80. The maximum atomic E-state index is 12.7. The van der Waals surface area contributed by atoms with Crippen molar-refractivity contribution in [1.29, 1.82) is 0 Å². The Kier molecular flexibility index (Phi) is 5.38. The fourth-order valence-corrected chi connectivity index (χ4v) is 3.85. The molecule has 26 heavy (non-hydrogen) atoms. The molecule has 0 bridgehead atoms. The van der Waals surface area contributed by atoms with Crippen molar-refractivity contribution >= 4 is 10.0 Å². The molecule has 0 aliphatic carbocycles. The quantitative estimate of drug-likeness (QED) is 0.800.